The van der Waals surface area contributed by atoms with E-state index in [0.29, 0.717) is 0 Å². The molecule has 1 atom stereocenters. The smallest absolute Gasteiger partial charge is 0.123 e. The summed E-state index contributed by atoms with van der Waals surface area (Å²) in [7, 11) is 1.69. The lowest BCUT2D eigenvalue weighted by Crippen LogP contribution is -2.15. The van der Waals surface area contributed by atoms with Crippen molar-refractivity contribution in [2.75, 3.05) is 7.11 Å². The summed E-state index contributed by atoms with van der Waals surface area (Å²) in [5, 5.41) is 0. The van der Waals surface area contributed by atoms with Crippen LogP contribution in [0.25, 0.3) is 0 Å². The van der Waals surface area contributed by atoms with Gasteiger partial charge in [0.25, 0.3) is 0 Å². The summed E-state index contributed by atoms with van der Waals surface area (Å²) < 4.78 is 6.56. The summed E-state index contributed by atoms with van der Waals surface area (Å²) in [5.41, 5.74) is 12.5. The first-order valence-electron chi connectivity index (χ1n) is 7.08. The van der Waals surface area contributed by atoms with Crippen molar-refractivity contribution in [2.45, 2.75) is 33.2 Å². The Morgan fingerprint density at radius 2 is 1.81 bits per heavy atom. The second kappa shape index (κ2) is 6.63. The third-order valence-electron chi connectivity index (χ3n) is 3.85. The van der Waals surface area contributed by atoms with Gasteiger partial charge in [-0.2, -0.15) is 0 Å². The van der Waals surface area contributed by atoms with Crippen molar-refractivity contribution in [3.05, 3.63) is 62.6 Å². The Hall–Kier alpha value is -1.32. The van der Waals surface area contributed by atoms with Gasteiger partial charge >= 0.3 is 0 Å². The zero-order chi connectivity index (χ0) is 15.6. The molecule has 2 aromatic carbocycles. The fraction of sp³-hybridized carbons (Fsp3) is 0.333. The molecule has 0 saturated carbocycles. The van der Waals surface area contributed by atoms with Crippen LogP contribution < -0.4 is 10.5 Å². The number of rotatable bonds is 4. The van der Waals surface area contributed by atoms with Crippen LogP contribution in [0.5, 0.6) is 5.75 Å². The molecule has 2 rings (SSSR count). The topological polar surface area (TPSA) is 35.2 Å². The fourth-order valence-corrected chi connectivity index (χ4v) is 2.87. The Kier molecular flexibility index (Phi) is 5.07. The molecular weight excluding hydrogens is 326 g/mol. The Morgan fingerprint density at radius 1 is 1.10 bits per heavy atom. The minimum Gasteiger partial charge on any atom is -0.496 e. The summed E-state index contributed by atoms with van der Waals surface area (Å²) in [5.74, 6) is 0.855. The van der Waals surface area contributed by atoms with Gasteiger partial charge in [-0.15, -0.1) is 0 Å². The minimum atomic E-state index is -0.0858. The van der Waals surface area contributed by atoms with Crippen molar-refractivity contribution in [3.8, 4) is 5.75 Å². The predicted octanol–water partition coefficient (Wildman–Crippen LogP) is 4.63. The molecule has 0 aliphatic carbocycles. The van der Waals surface area contributed by atoms with Gasteiger partial charge in [0, 0.05) is 16.1 Å². The summed E-state index contributed by atoms with van der Waals surface area (Å²) in [6.45, 7) is 6.29. The third kappa shape index (κ3) is 3.66. The molecule has 112 valence electrons. The van der Waals surface area contributed by atoms with Crippen LogP contribution in [-0.4, -0.2) is 7.11 Å². The van der Waals surface area contributed by atoms with E-state index < -0.39 is 0 Å². The van der Waals surface area contributed by atoms with Gasteiger partial charge in [-0.25, -0.2) is 0 Å². The van der Waals surface area contributed by atoms with Gasteiger partial charge in [0.05, 0.1) is 7.11 Å². The quantitative estimate of drug-likeness (QED) is 0.875. The predicted molar refractivity (Wildman–Crippen MR) is 92.0 cm³/mol. The molecule has 21 heavy (non-hydrogen) atoms. The van der Waals surface area contributed by atoms with Crippen LogP contribution in [0.4, 0.5) is 0 Å². The number of halogens is 1. The van der Waals surface area contributed by atoms with Gasteiger partial charge in [-0.3, -0.25) is 0 Å². The van der Waals surface area contributed by atoms with Crippen LogP contribution in [0.2, 0.25) is 0 Å². The van der Waals surface area contributed by atoms with E-state index >= 15 is 0 Å². The summed E-state index contributed by atoms with van der Waals surface area (Å²) in [6, 6.07) is 10.5. The van der Waals surface area contributed by atoms with Crippen molar-refractivity contribution < 1.29 is 4.74 Å². The Labute approximate surface area is 135 Å². The minimum absolute atomic E-state index is 0.0858. The first-order chi connectivity index (χ1) is 9.92. The van der Waals surface area contributed by atoms with Crippen LogP contribution in [-0.2, 0) is 6.42 Å². The first kappa shape index (κ1) is 16.1. The maximum atomic E-state index is 6.44. The largest absolute Gasteiger partial charge is 0.496 e. The molecule has 0 bridgehead atoms. The van der Waals surface area contributed by atoms with Crippen LogP contribution >= 0.6 is 15.9 Å². The van der Waals surface area contributed by atoms with Gasteiger partial charge in [0.1, 0.15) is 5.75 Å². The van der Waals surface area contributed by atoms with Crippen LogP contribution in [0.3, 0.4) is 0 Å². The standard InChI is InChI=1S/C18H22BrNO/c1-11-5-6-12(2)14(7-11)9-17(20)15-10-16(19)13(3)8-18(15)21-4/h5-8,10,17H,9,20H2,1-4H3. The number of hydrogen-bond donors (Lipinski definition) is 1. The summed E-state index contributed by atoms with van der Waals surface area (Å²) in [6.07, 6.45) is 0.805. The molecule has 0 saturated heterocycles. The average Bonchev–Trinajstić information content (AvgIpc) is 2.45. The molecule has 2 nitrogen and oxygen atoms in total. The maximum Gasteiger partial charge on any atom is 0.123 e. The molecule has 2 N–H and O–H groups in total. The van der Waals surface area contributed by atoms with E-state index in [0.717, 1.165) is 27.8 Å². The van der Waals surface area contributed by atoms with E-state index in [1.807, 2.05) is 13.0 Å². The molecule has 0 aliphatic heterocycles. The first-order valence-corrected chi connectivity index (χ1v) is 7.87. The summed E-state index contributed by atoms with van der Waals surface area (Å²) >= 11 is 3.58. The lowest BCUT2D eigenvalue weighted by molar-refractivity contribution is 0.405. The normalized spacial score (nSPS) is 12.3. The SMILES string of the molecule is COc1cc(C)c(Br)cc1C(N)Cc1cc(C)ccc1C. The second-order valence-corrected chi connectivity index (χ2v) is 6.44. The molecule has 0 aromatic heterocycles. The lowest BCUT2D eigenvalue weighted by atomic mass is 9.94. The van der Waals surface area contributed by atoms with E-state index in [1.54, 1.807) is 7.11 Å². The monoisotopic (exact) mass is 347 g/mol. The highest BCUT2D eigenvalue weighted by Crippen LogP contribution is 2.32. The molecule has 3 heteroatoms. The number of aryl methyl sites for hydroxylation is 3. The average molecular weight is 348 g/mol. The zero-order valence-corrected chi connectivity index (χ0v) is 14.6. The Bertz CT molecular complexity index is 652. The Balaban J connectivity index is 2.34. The van der Waals surface area contributed by atoms with E-state index in [9.17, 15) is 0 Å². The molecular formula is C18H22BrNO. The maximum absolute atomic E-state index is 6.44. The van der Waals surface area contributed by atoms with Gasteiger partial charge in [-0.05, 0) is 56.0 Å². The number of benzene rings is 2. The van der Waals surface area contributed by atoms with Crippen molar-refractivity contribution >= 4 is 15.9 Å². The number of nitrogens with two attached hydrogens (primary N) is 1. The van der Waals surface area contributed by atoms with Gasteiger partial charge in [0.2, 0.25) is 0 Å². The van der Waals surface area contributed by atoms with E-state index in [1.165, 1.54) is 16.7 Å². The summed E-state index contributed by atoms with van der Waals surface area (Å²) in [4.78, 5) is 0. The highest BCUT2D eigenvalue weighted by molar-refractivity contribution is 9.10. The lowest BCUT2D eigenvalue weighted by Gasteiger charge is -2.18. The van der Waals surface area contributed by atoms with Gasteiger partial charge in [-0.1, -0.05) is 39.7 Å². The van der Waals surface area contributed by atoms with Gasteiger partial charge in [0.15, 0.2) is 0 Å². The number of hydrogen-bond acceptors (Lipinski definition) is 2. The van der Waals surface area contributed by atoms with Crippen molar-refractivity contribution in [3.63, 3.8) is 0 Å². The van der Waals surface area contributed by atoms with Crippen LogP contribution in [0, 0.1) is 20.8 Å². The van der Waals surface area contributed by atoms with Gasteiger partial charge < -0.3 is 10.5 Å². The van der Waals surface area contributed by atoms with E-state index in [2.05, 4.69) is 54.0 Å². The molecule has 0 spiro atoms. The number of methoxy groups -OCH3 is 1. The molecule has 0 heterocycles. The van der Waals surface area contributed by atoms with Crippen molar-refractivity contribution in [2.24, 2.45) is 5.73 Å². The second-order valence-electron chi connectivity index (χ2n) is 5.58. The number of ether oxygens (including phenoxy) is 1. The van der Waals surface area contributed by atoms with Crippen molar-refractivity contribution in [1.29, 1.82) is 0 Å². The van der Waals surface area contributed by atoms with E-state index in [4.69, 9.17) is 10.5 Å². The zero-order valence-electron chi connectivity index (χ0n) is 13.0. The highest BCUT2D eigenvalue weighted by atomic mass is 79.9. The third-order valence-corrected chi connectivity index (χ3v) is 4.71. The Morgan fingerprint density at radius 3 is 2.48 bits per heavy atom. The molecule has 0 amide bonds. The molecule has 0 fully saturated rings. The van der Waals surface area contributed by atoms with Crippen molar-refractivity contribution in [1.82, 2.24) is 0 Å². The highest BCUT2D eigenvalue weighted by Gasteiger charge is 2.15. The molecule has 0 aliphatic rings. The molecule has 0 radical (unpaired) electrons. The van der Waals surface area contributed by atoms with Crippen LogP contribution in [0.15, 0.2) is 34.8 Å². The van der Waals surface area contributed by atoms with Crippen LogP contribution in [0.1, 0.15) is 33.9 Å². The van der Waals surface area contributed by atoms with E-state index in [-0.39, 0.29) is 6.04 Å². The molecule has 1 unspecified atom stereocenters. The fourth-order valence-electron chi connectivity index (χ4n) is 2.50. The molecule has 2 aromatic rings.